The molecule has 2 N–H and O–H groups in total. The molecule has 0 radical (unpaired) electrons. The van der Waals surface area contributed by atoms with Crippen molar-refractivity contribution in [1.29, 1.82) is 0 Å². The van der Waals surface area contributed by atoms with Crippen molar-refractivity contribution >= 4 is 5.97 Å². The van der Waals surface area contributed by atoms with Gasteiger partial charge in [-0.3, -0.25) is 4.90 Å². The van der Waals surface area contributed by atoms with Crippen LogP contribution in [-0.2, 0) is 6.54 Å². The summed E-state index contributed by atoms with van der Waals surface area (Å²) in [5, 5.41) is 18.9. The lowest BCUT2D eigenvalue weighted by atomic mass is 9.95. The molecule has 0 aromatic carbocycles. The Labute approximate surface area is 106 Å². The number of nitrogens with zero attached hydrogens (tertiary/aromatic N) is 1. The molecule has 5 nitrogen and oxygen atoms in total. The Balaban J connectivity index is 2.05. The van der Waals surface area contributed by atoms with E-state index in [4.69, 9.17) is 9.52 Å². The van der Waals surface area contributed by atoms with E-state index in [1.54, 1.807) is 13.0 Å². The fourth-order valence-electron chi connectivity index (χ4n) is 2.52. The van der Waals surface area contributed by atoms with E-state index in [2.05, 4.69) is 4.90 Å². The molecular formula is C13H19NO4. The van der Waals surface area contributed by atoms with Gasteiger partial charge in [0.05, 0.1) is 12.1 Å². The molecule has 0 amide bonds. The van der Waals surface area contributed by atoms with Gasteiger partial charge in [-0.25, -0.2) is 4.79 Å². The number of aliphatic hydroxyl groups is 1. The molecule has 1 aliphatic rings. The van der Waals surface area contributed by atoms with Gasteiger partial charge < -0.3 is 14.6 Å². The Morgan fingerprint density at radius 1 is 1.61 bits per heavy atom. The number of likely N-dealkylation sites (tertiary alicyclic amines) is 1. The Hall–Kier alpha value is -1.33. The molecule has 0 bridgehead atoms. The van der Waals surface area contributed by atoms with Crippen molar-refractivity contribution in [3.05, 3.63) is 23.2 Å². The van der Waals surface area contributed by atoms with E-state index < -0.39 is 11.6 Å². The number of carbonyl (C=O) groups is 1. The third-order valence-electron chi connectivity index (χ3n) is 3.30. The summed E-state index contributed by atoms with van der Waals surface area (Å²) in [6.07, 6.45) is 1.75. The molecule has 0 saturated carbocycles. The maximum Gasteiger partial charge on any atom is 0.372 e. The highest BCUT2D eigenvalue weighted by molar-refractivity contribution is 5.86. The third-order valence-corrected chi connectivity index (χ3v) is 3.30. The molecule has 1 aromatic heterocycles. The number of aromatic carboxylic acids is 1. The normalized spacial score (nSPS) is 25.3. The van der Waals surface area contributed by atoms with E-state index >= 15 is 0 Å². The molecule has 1 fully saturated rings. The summed E-state index contributed by atoms with van der Waals surface area (Å²) in [7, 11) is 0. The summed E-state index contributed by atoms with van der Waals surface area (Å²) in [6, 6.07) is 1.76. The van der Waals surface area contributed by atoms with Crippen molar-refractivity contribution in [2.24, 2.45) is 0 Å². The summed E-state index contributed by atoms with van der Waals surface area (Å²) in [6.45, 7) is 5.59. The SMILES string of the molecule is Cc1cc(CN2CCCC(C)(O)C2)oc1C(=O)O. The number of aryl methyl sites for hydroxylation is 1. The zero-order chi connectivity index (χ0) is 13.3. The molecule has 1 aliphatic heterocycles. The van der Waals surface area contributed by atoms with Gasteiger partial charge in [0.15, 0.2) is 0 Å². The molecule has 18 heavy (non-hydrogen) atoms. The minimum absolute atomic E-state index is 0.00812. The lowest BCUT2D eigenvalue weighted by Crippen LogP contribution is -2.45. The van der Waals surface area contributed by atoms with Crippen LogP contribution < -0.4 is 0 Å². The van der Waals surface area contributed by atoms with Gasteiger partial charge >= 0.3 is 5.97 Å². The minimum atomic E-state index is -1.04. The average molecular weight is 253 g/mol. The Bertz CT molecular complexity index is 450. The first-order valence-corrected chi connectivity index (χ1v) is 6.15. The standard InChI is InChI=1S/C13H19NO4/c1-9-6-10(18-11(9)12(15)16)7-14-5-3-4-13(2,17)8-14/h6,17H,3-5,7-8H2,1-2H3,(H,15,16). The fourth-order valence-corrected chi connectivity index (χ4v) is 2.52. The molecule has 0 aliphatic carbocycles. The molecule has 5 heteroatoms. The first-order valence-electron chi connectivity index (χ1n) is 6.15. The van der Waals surface area contributed by atoms with E-state index in [-0.39, 0.29) is 5.76 Å². The van der Waals surface area contributed by atoms with Crippen LogP contribution >= 0.6 is 0 Å². The zero-order valence-electron chi connectivity index (χ0n) is 10.8. The monoisotopic (exact) mass is 253 g/mol. The molecular weight excluding hydrogens is 234 g/mol. The predicted molar refractivity (Wildman–Crippen MR) is 65.5 cm³/mol. The zero-order valence-corrected chi connectivity index (χ0v) is 10.8. The number of β-amino-alcohol motifs (C(OH)–C–C–N with tert-alkyl or cyclic N) is 1. The smallest absolute Gasteiger partial charge is 0.372 e. The molecule has 100 valence electrons. The van der Waals surface area contributed by atoms with Crippen molar-refractivity contribution in [2.45, 2.75) is 38.8 Å². The number of hydrogen-bond donors (Lipinski definition) is 2. The van der Waals surface area contributed by atoms with Crippen LogP contribution in [0.15, 0.2) is 10.5 Å². The van der Waals surface area contributed by atoms with Gasteiger partial charge in [0.25, 0.3) is 0 Å². The van der Waals surface area contributed by atoms with Crippen molar-refractivity contribution in [2.75, 3.05) is 13.1 Å². The molecule has 1 unspecified atom stereocenters. The van der Waals surface area contributed by atoms with Gasteiger partial charge in [-0.2, -0.15) is 0 Å². The largest absolute Gasteiger partial charge is 0.475 e. The van der Waals surface area contributed by atoms with E-state index in [0.717, 1.165) is 19.4 Å². The maximum absolute atomic E-state index is 10.9. The highest BCUT2D eigenvalue weighted by atomic mass is 16.4. The van der Waals surface area contributed by atoms with Gasteiger partial charge in [0, 0.05) is 12.1 Å². The lowest BCUT2D eigenvalue weighted by Gasteiger charge is -2.36. The van der Waals surface area contributed by atoms with Crippen LogP contribution in [0.5, 0.6) is 0 Å². The summed E-state index contributed by atoms with van der Waals surface area (Å²) >= 11 is 0. The first kappa shape index (κ1) is 13.1. The number of carboxylic acids is 1. The number of piperidine rings is 1. The Morgan fingerprint density at radius 3 is 2.89 bits per heavy atom. The second kappa shape index (κ2) is 4.74. The summed E-state index contributed by atoms with van der Waals surface area (Å²) < 4.78 is 5.32. The van der Waals surface area contributed by atoms with Gasteiger partial charge in [-0.05, 0) is 39.3 Å². The Morgan fingerprint density at radius 2 is 2.33 bits per heavy atom. The summed E-state index contributed by atoms with van der Waals surface area (Å²) in [5.74, 6) is -0.388. The molecule has 0 spiro atoms. The van der Waals surface area contributed by atoms with Crippen molar-refractivity contribution in [3.8, 4) is 0 Å². The molecule has 1 saturated heterocycles. The van der Waals surface area contributed by atoms with Crippen molar-refractivity contribution < 1.29 is 19.4 Å². The highest BCUT2D eigenvalue weighted by Gasteiger charge is 2.29. The second-order valence-corrected chi connectivity index (χ2v) is 5.34. The van der Waals surface area contributed by atoms with E-state index in [1.807, 2.05) is 6.92 Å². The molecule has 1 atom stereocenters. The van der Waals surface area contributed by atoms with Crippen LogP contribution in [0.3, 0.4) is 0 Å². The third kappa shape index (κ3) is 2.91. The number of carboxylic acid groups (broad SMARTS) is 1. The number of hydrogen-bond acceptors (Lipinski definition) is 4. The van der Waals surface area contributed by atoms with Crippen LogP contribution in [0.25, 0.3) is 0 Å². The number of rotatable bonds is 3. The van der Waals surface area contributed by atoms with E-state index in [0.29, 0.717) is 24.4 Å². The van der Waals surface area contributed by atoms with Crippen LogP contribution in [0.1, 0.15) is 41.6 Å². The van der Waals surface area contributed by atoms with Crippen molar-refractivity contribution in [3.63, 3.8) is 0 Å². The van der Waals surface area contributed by atoms with Crippen LogP contribution in [0, 0.1) is 6.92 Å². The van der Waals surface area contributed by atoms with Crippen molar-refractivity contribution in [1.82, 2.24) is 4.90 Å². The Kier molecular flexibility index (Phi) is 3.45. The summed E-state index contributed by atoms with van der Waals surface area (Å²) in [4.78, 5) is 13.0. The first-order chi connectivity index (χ1) is 8.37. The van der Waals surface area contributed by atoms with Crippen LogP contribution in [0.2, 0.25) is 0 Å². The minimum Gasteiger partial charge on any atom is -0.475 e. The van der Waals surface area contributed by atoms with E-state index in [1.165, 1.54) is 0 Å². The highest BCUT2D eigenvalue weighted by Crippen LogP contribution is 2.23. The van der Waals surface area contributed by atoms with Gasteiger partial charge in [-0.1, -0.05) is 0 Å². The topological polar surface area (TPSA) is 73.9 Å². The molecule has 1 aromatic rings. The average Bonchev–Trinajstić information content (AvgIpc) is 2.58. The van der Waals surface area contributed by atoms with Crippen LogP contribution in [0.4, 0.5) is 0 Å². The van der Waals surface area contributed by atoms with Crippen LogP contribution in [-0.4, -0.2) is 39.8 Å². The van der Waals surface area contributed by atoms with E-state index in [9.17, 15) is 9.90 Å². The lowest BCUT2D eigenvalue weighted by molar-refractivity contribution is -0.0200. The fraction of sp³-hybridized carbons (Fsp3) is 0.615. The van der Waals surface area contributed by atoms with Gasteiger partial charge in [-0.15, -0.1) is 0 Å². The quantitative estimate of drug-likeness (QED) is 0.856. The maximum atomic E-state index is 10.9. The molecule has 2 heterocycles. The predicted octanol–water partition coefficient (Wildman–Crippen LogP) is 1.63. The van der Waals surface area contributed by atoms with Gasteiger partial charge in [0.2, 0.25) is 5.76 Å². The second-order valence-electron chi connectivity index (χ2n) is 5.34. The number of furan rings is 1. The molecule has 2 rings (SSSR count). The summed E-state index contributed by atoms with van der Waals surface area (Å²) in [5.41, 5.74) is -0.0172. The van der Waals surface area contributed by atoms with Gasteiger partial charge in [0.1, 0.15) is 5.76 Å².